The first-order chi connectivity index (χ1) is 23.9. The molecule has 0 unspecified atom stereocenters. The van der Waals surface area contributed by atoms with Crippen molar-refractivity contribution in [1.82, 2.24) is 30.2 Å². The van der Waals surface area contributed by atoms with Crippen molar-refractivity contribution in [3.63, 3.8) is 0 Å². The lowest BCUT2D eigenvalue weighted by atomic mass is 9.97. The Morgan fingerprint density at radius 1 is 0.857 bits per heavy atom. The van der Waals surface area contributed by atoms with Gasteiger partial charge in [0.15, 0.2) is 11.6 Å². The molecule has 0 bridgehead atoms. The third kappa shape index (κ3) is 6.03. The molecule has 3 saturated heterocycles. The van der Waals surface area contributed by atoms with Gasteiger partial charge in [-0.15, -0.1) is 10.2 Å². The zero-order valence-electron chi connectivity index (χ0n) is 27.4. The van der Waals surface area contributed by atoms with Crippen LogP contribution in [0.25, 0.3) is 22.4 Å². The van der Waals surface area contributed by atoms with Crippen molar-refractivity contribution in [2.45, 2.75) is 56.7 Å². The number of likely N-dealkylation sites (tertiary alicyclic amines) is 1. The first kappa shape index (κ1) is 31.1. The first-order valence-corrected chi connectivity index (χ1v) is 17.2. The molecule has 0 aliphatic carbocycles. The highest BCUT2D eigenvalue weighted by molar-refractivity contribution is 6.02. The van der Waals surface area contributed by atoms with E-state index in [1.54, 1.807) is 12.1 Å². The second-order valence-corrected chi connectivity index (χ2v) is 13.4. The summed E-state index contributed by atoms with van der Waals surface area (Å²) in [5, 5.41) is 25.9. The van der Waals surface area contributed by atoms with Gasteiger partial charge in [-0.05, 0) is 62.4 Å². The van der Waals surface area contributed by atoms with Crippen LogP contribution in [0.3, 0.4) is 0 Å². The van der Waals surface area contributed by atoms with Gasteiger partial charge >= 0.3 is 0 Å². The van der Waals surface area contributed by atoms with E-state index in [4.69, 9.17) is 15.6 Å². The first-order valence-electron chi connectivity index (χ1n) is 17.2. The third-order valence-electron chi connectivity index (χ3n) is 10.6. The van der Waals surface area contributed by atoms with Crippen LogP contribution in [-0.4, -0.2) is 93.2 Å². The van der Waals surface area contributed by atoms with Crippen molar-refractivity contribution in [3.05, 3.63) is 60.9 Å². The summed E-state index contributed by atoms with van der Waals surface area (Å²) in [6.07, 6.45) is 8.95. The molecule has 2 amide bonds. The number of aromatic nitrogens is 4. The lowest BCUT2D eigenvalue weighted by molar-refractivity contribution is -0.134. The number of carbonyl (C=O) groups excluding carboxylic acids is 2. The Bertz CT molecular complexity index is 1860. The number of benzene rings is 2. The van der Waals surface area contributed by atoms with Crippen molar-refractivity contribution in [1.29, 1.82) is 0 Å². The van der Waals surface area contributed by atoms with E-state index in [1.807, 2.05) is 42.7 Å². The SMILES string of the molecule is Nc1nnc(-c2ccccc2O)cc1-c1cnn(C2CCN(C3CCN(c4cccc5c4OCCN5[C@H]4CCC(=O)NC4=O)CC3)CC2)c1. The monoisotopic (exact) mass is 663 g/mol. The number of nitrogen functional groups attached to an aromatic ring is 1. The predicted molar refractivity (Wildman–Crippen MR) is 185 cm³/mol. The lowest BCUT2D eigenvalue weighted by Gasteiger charge is -2.43. The second-order valence-electron chi connectivity index (χ2n) is 13.4. The van der Waals surface area contributed by atoms with Gasteiger partial charge in [0.2, 0.25) is 11.8 Å². The number of aromatic hydroxyl groups is 1. The smallest absolute Gasteiger partial charge is 0.249 e. The Balaban J connectivity index is 0.884. The number of rotatable bonds is 6. The van der Waals surface area contributed by atoms with Crippen LogP contribution in [0.15, 0.2) is 60.9 Å². The zero-order chi connectivity index (χ0) is 33.5. The van der Waals surface area contributed by atoms with Crippen molar-refractivity contribution >= 4 is 29.0 Å². The summed E-state index contributed by atoms with van der Waals surface area (Å²) in [5.41, 5.74) is 11.0. The molecule has 254 valence electrons. The number of hydrogen-bond acceptors (Lipinski definition) is 11. The van der Waals surface area contributed by atoms with Crippen molar-refractivity contribution in [2.75, 3.05) is 54.9 Å². The Labute approximate surface area is 284 Å². The number of amides is 2. The van der Waals surface area contributed by atoms with E-state index >= 15 is 0 Å². The second kappa shape index (κ2) is 13.0. The summed E-state index contributed by atoms with van der Waals surface area (Å²) in [6.45, 7) is 5.05. The summed E-state index contributed by atoms with van der Waals surface area (Å²) in [7, 11) is 0. The third-order valence-corrected chi connectivity index (χ3v) is 10.6. The van der Waals surface area contributed by atoms with Crippen LogP contribution < -0.4 is 25.6 Å². The molecular formula is C36H41N9O4. The van der Waals surface area contributed by atoms with Crippen molar-refractivity contribution in [3.8, 4) is 33.9 Å². The predicted octanol–water partition coefficient (Wildman–Crippen LogP) is 3.60. The molecule has 4 aromatic rings. The largest absolute Gasteiger partial charge is 0.507 e. The van der Waals surface area contributed by atoms with Crippen LogP contribution in [0, 0.1) is 0 Å². The van der Waals surface area contributed by atoms with Crippen LogP contribution >= 0.6 is 0 Å². The zero-order valence-corrected chi connectivity index (χ0v) is 27.4. The Morgan fingerprint density at radius 2 is 1.63 bits per heavy atom. The maximum absolute atomic E-state index is 12.7. The van der Waals surface area contributed by atoms with Gasteiger partial charge in [0, 0.05) is 61.5 Å². The Kier molecular flexibility index (Phi) is 8.28. The molecule has 3 fully saturated rings. The van der Waals surface area contributed by atoms with Crippen LogP contribution in [0.5, 0.6) is 11.5 Å². The molecule has 1 atom stereocenters. The van der Waals surface area contributed by atoms with Gasteiger partial charge in [-0.1, -0.05) is 18.2 Å². The van der Waals surface area contributed by atoms with Gasteiger partial charge in [0.25, 0.3) is 0 Å². The topological polar surface area (TPSA) is 155 Å². The fraction of sp³-hybridized carbons (Fsp3) is 0.417. The Hall–Kier alpha value is -5.17. The minimum Gasteiger partial charge on any atom is -0.507 e. The molecule has 13 heteroatoms. The van der Waals surface area contributed by atoms with E-state index in [-0.39, 0.29) is 23.6 Å². The molecule has 8 rings (SSSR count). The number of nitrogens with zero attached hydrogens (tertiary/aromatic N) is 7. The normalized spacial score (nSPS) is 20.9. The highest BCUT2D eigenvalue weighted by atomic mass is 16.5. The number of phenols is 1. The average molecular weight is 664 g/mol. The van der Waals surface area contributed by atoms with Crippen LogP contribution in [0.4, 0.5) is 17.2 Å². The minimum absolute atomic E-state index is 0.145. The maximum atomic E-state index is 12.7. The molecule has 2 aromatic heterocycles. The summed E-state index contributed by atoms with van der Waals surface area (Å²) in [4.78, 5) is 31.6. The molecular weight excluding hydrogens is 622 g/mol. The van der Waals surface area contributed by atoms with Crippen LogP contribution in [0.2, 0.25) is 0 Å². The fourth-order valence-electron chi connectivity index (χ4n) is 7.92. The van der Waals surface area contributed by atoms with E-state index in [9.17, 15) is 14.7 Å². The Morgan fingerprint density at radius 3 is 2.43 bits per heavy atom. The van der Waals surface area contributed by atoms with Gasteiger partial charge in [-0.2, -0.15) is 5.10 Å². The van der Waals surface area contributed by atoms with Crippen molar-refractivity contribution < 1.29 is 19.4 Å². The number of imide groups is 1. The number of para-hydroxylation sites is 2. The number of anilines is 3. The molecule has 6 heterocycles. The van der Waals surface area contributed by atoms with Gasteiger partial charge in [-0.25, -0.2) is 0 Å². The molecule has 2 aromatic carbocycles. The average Bonchev–Trinajstić information content (AvgIpc) is 3.62. The minimum atomic E-state index is -0.355. The standard InChI is InChI=1S/C36H41N9O4/c37-35-27(20-28(40-41-35)26-4-1-2-7-32(26)46)23-21-38-45(22-23)25-12-14-42(15-13-25)24-10-16-43(17-11-24)29-5-3-6-30-34(29)49-19-18-44(30)31-8-9-33(47)39-36(31)48/h1-7,20-22,24-25,31,46H,8-19H2,(H2,37,41)(H,39,47,48)/t31-/m0/s1. The fourth-order valence-corrected chi connectivity index (χ4v) is 7.92. The number of fused-ring (bicyclic) bond motifs is 1. The number of carbonyl (C=O) groups is 2. The van der Waals surface area contributed by atoms with E-state index in [0.29, 0.717) is 55.2 Å². The van der Waals surface area contributed by atoms with Gasteiger partial charge in [-0.3, -0.25) is 19.6 Å². The van der Waals surface area contributed by atoms with E-state index in [0.717, 1.165) is 80.1 Å². The van der Waals surface area contributed by atoms with Crippen LogP contribution in [-0.2, 0) is 9.59 Å². The molecule has 4 N–H and O–H groups in total. The molecule has 0 saturated carbocycles. The summed E-state index contributed by atoms with van der Waals surface area (Å²) in [5.74, 6) is 0.898. The number of hydrogen-bond donors (Lipinski definition) is 3. The van der Waals surface area contributed by atoms with Crippen LogP contribution in [0.1, 0.15) is 44.6 Å². The molecule has 0 spiro atoms. The number of phenolic OH excluding ortho intramolecular Hbond substituents is 1. The van der Waals surface area contributed by atoms with E-state index in [2.05, 4.69) is 41.0 Å². The molecule has 0 radical (unpaired) electrons. The number of piperidine rings is 3. The van der Waals surface area contributed by atoms with Crippen molar-refractivity contribution in [2.24, 2.45) is 0 Å². The molecule has 4 aliphatic rings. The highest BCUT2D eigenvalue weighted by Crippen LogP contribution is 2.43. The highest BCUT2D eigenvalue weighted by Gasteiger charge is 2.36. The summed E-state index contributed by atoms with van der Waals surface area (Å²) < 4.78 is 8.29. The van der Waals surface area contributed by atoms with E-state index < -0.39 is 0 Å². The molecule has 49 heavy (non-hydrogen) atoms. The lowest BCUT2D eigenvalue weighted by Crippen LogP contribution is -2.54. The number of nitrogens with two attached hydrogens (primary N) is 1. The quantitative estimate of drug-likeness (QED) is 0.259. The number of ether oxygens (including phenoxy) is 1. The molecule has 4 aliphatic heterocycles. The maximum Gasteiger partial charge on any atom is 0.249 e. The summed E-state index contributed by atoms with van der Waals surface area (Å²) >= 11 is 0. The summed E-state index contributed by atoms with van der Waals surface area (Å²) in [6, 6.07) is 15.6. The van der Waals surface area contributed by atoms with Gasteiger partial charge in [0.05, 0.1) is 35.9 Å². The van der Waals surface area contributed by atoms with E-state index in [1.165, 1.54) is 0 Å². The van der Waals surface area contributed by atoms with Gasteiger partial charge < -0.3 is 30.3 Å². The molecule has 13 nitrogen and oxygen atoms in total. The van der Waals surface area contributed by atoms with Gasteiger partial charge in [0.1, 0.15) is 18.4 Å². The number of nitrogens with one attached hydrogen (secondary N) is 1.